The molecule has 0 bridgehead atoms. The summed E-state index contributed by atoms with van der Waals surface area (Å²) in [5.74, 6) is 0.625. The van der Waals surface area contributed by atoms with Crippen LogP contribution in [-0.2, 0) is 12.8 Å². The van der Waals surface area contributed by atoms with E-state index >= 15 is 0 Å². The third kappa shape index (κ3) is 1.97. The van der Waals surface area contributed by atoms with Crippen LogP contribution in [0.4, 0.5) is 0 Å². The highest BCUT2D eigenvalue weighted by Gasteiger charge is 2.30. The third-order valence-corrected chi connectivity index (χ3v) is 5.62. The molecule has 1 aliphatic carbocycles. The predicted octanol–water partition coefficient (Wildman–Crippen LogP) is 2.59. The van der Waals surface area contributed by atoms with Crippen LogP contribution in [0.1, 0.15) is 44.6 Å². The van der Waals surface area contributed by atoms with E-state index in [1.54, 1.807) is 17.5 Å². The first-order chi connectivity index (χ1) is 9.81. The van der Waals surface area contributed by atoms with Gasteiger partial charge in [0.2, 0.25) is 0 Å². The third-order valence-electron chi connectivity index (χ3n) is 4.39. The number of hydrogen-bond donors (Lipinski definition) is 1. The van der Waals surface area contributed by atoms with Crippen molar-refractivity contribution < 1.29 is 4.79 Å². The summed E-state index contributed by atoms with van der Waals surface area (Å²) in [5, 5.41) is 7.03. The van der Waals surface area contributed by atoms with Gasteiger partial charge in [-0.15, -0.1) is 11.3 Å². The maximum Gasteiger partial charge on any atom is 0.263 e. The number of aromatic nitrogens is 2. The number of hydrogen-bond acceptors (Lipinski definition) is 3. The van der Waals surface area contributed by atoms with Crippen LogP contribution in [0.15, 0.2) is 18.3 Å². The van der Waals surface area contributed by atoms with E-state index in [9.17, 15) is 4.79 Å². The zero-order chi connectivity index (χ0) is 13.5. The fraction of sp³-hybridized carbons (Fsp3) is 0.467. The number of rotatable bonds is 2. The Hall–Kier alpha value is -1.62. The van der Waals surface area contributed by atoms with Crippen LogP contribution >= 0.6 is 11.3 Å². The summed E-state index contributed by atoms with van der Waals surface area (Å²) < 4.78 is 0. The molecule has 0 spiro atoms. The molecule has 1 N–H and O–H groups in total. The summed E-state index contributed by atoms with van der Waals surface area (Å²) in [4.78, 5) is 16.9. The molecule has 1 atom stereocenters. The molecule has 1 fully saturated rings. The van der Waals surface area contributed by atoms with Crippen molar-refractivity contribution in [2.45, 2.75) is 31.6 Å². The van der Waals surface area contributed by atoms with E-state index < -0.39 is 0 Å². The maximum atomic E-state index is 12.6. The fourth-order valence-corrected chi connectivity index (χ4v) is 4.50. The SMILES string of the molecule is O=C(c1cc2c(s1)CCC2)N1CC[C@@H](c2ccn[nH]2)C1. The monoisotopic (exact) mass is 287 g/mol. The standard InChI is InChI=1S/C15H17N3OS/c19-15(14-8-10-2-1-3-13(10)20-14)18-7-5-11(9-18)12-4-6-16-17-12/h4,6,8,11H,1-3,5,7,9H2,(H,16,17)/t11-/m1/s1. The van der Waals surface area contributed by atoms with Crippen molar-refractivity contribution in [1.82, 2.24) is 15.1 Å². The van der Waals surface area contributed by atoms with E-state index in [0.29, 0.717) is 5.92 Å². The second-order valence-corrected chi connectivity index (χ2v) is 6.80. The minimum atomic E-state index is 0.214. The highest BCUT2D eigenvalue weighted by atomic mass is 32.1. The van der Waals surface area contributed by atoms with Crippen LogP contribution in [0, 0.1) is 0 Å². The number of aryl methyl sites for hydroxylation is 2. The number of nitrogens with zero attached hydrogens (tertiary/aromatic N) is 2. The molecule has 4 rings (SSSR count). The molecule has 0 saturated carbocycles. The van der Waals surface area contributed by atoms with E-state index in [1.165, 1.54) is 16.9 Å². The van der Waals surface area contributed by atoms with Gasteiger partial charge < -0.3 is 4.90 Å². The molecule has 20 heavy (non-hydrogen) atoms. The molecule has 104 valence electrons. The molecule has 3 heterocycles. The minimum Gasteiger partial charge on any atom is -0.337 e. The van der Waals surface area contributed by atoms with Gasteiger partial charge in [0, 0.05) is 35.8 Å². The molecule has 2 aromatic heterocycles. The topological polar surface area (TPSA) is 49.0 Å². The van der Waals surface area contributed by atoms with Crippen molar-refractivity contribution in [1.29, 1.82) is 0 Å². The summed E-state index contributed by atoms with van der Waals surface area (Å²) in [5.41, 5.74) is 2.55. The van der Waals surface area contributed by atoms with Crippen LogP contribution < -0.4 is 0 Å². The number of carbonyl (C=O) groups is 1. The van der Waals surface area contributed by atoms with Gasteiger partial charge in [-0.25, -0.2) is 0 Å². The number of aromatic amines is 1. The van der Waals surface area contributed by atoms with E-state index in [0.717, 1.165) is 42.9 Å². The summed E-state index contributed by atoms with van der Waals surface area (Å²) in [6.07, 6.45) is 6.36. The lowest BCUT2D eigenvalue weighted by Crippen LogP contribution is -2.27. The Bertz CT molecular complexity index is 610. The highest BCUT2D eigenvalue weighted by Crippen LogP contribution is 2.33. The van der Waals surface area contributed by atoms with E-state index in [4.69, 9.17) is 0 Å². The van der Waals surface area contributed by atoms with Gasteiger partial charge in [-0.2, -0.15) is 5.10 Å². The summed E-state index contributed by atoms with van der Waals surface area (Å²) >= 11 is 1.70. The molecule has 5 heteroatoms. The molecule has 1 aliphatic heterocycles. The van der Waals surface area contributed by atoms with Gasteiger partial charge in [0.05, 0.1) is 4.88 Å². The Morgan fingerprint density at radius 2 is 2.40 bits per heavy atom. The van der Waals surface area contributed by atoms with Gasteiger partial charge in [0.1, 0.15) is 0 Å². The van der Waals surface area contributed by atoms with Crippen molar-refractivity contribution in [3.63, 3.8) is 0 Å². The zero-order valence-corrected chi connectivity index (χ0v) is 12.1. The van der Waals surface area contributed by atoms with E-state index in [-0.39, 0.29) is 5.91 Å². The van der Waals surface area contributed by atoms with Crippen molar-refractivity contribution in [2.75, 3.05) is 13.1 Å². The van der Waals surface area contributed by atoms with Gasteiger partial charge in [0.15, 0.2) is 0 Å². The Kier molecular flexibility index (Phi) is 2.88. The fourth-order valence-electron chi connectivity index (χ4n) is 3.28. The van der Waals surface area contributed by atoms with Crippen LogP contribution in [0.5, 0.6) is 0 Å². The minimum absolute atomic E-state index is 0.214. The van der Waals surface area contributed by atoms with Crippen molar-refractivity contribution in [2.24, 2.45) is 0 Å². The molecule has 0 radical (unpaired) electrons. The van der Waals surface area contributed by atoms with Gasteiger partial charge in [-0.05, 0) is 43.4 Å². The maximum absolute atomic E-state index is 12.6. The quantitative estimate of drug-likeness (QED) is 0.923. The summed E-state index contributed by atoms with van der Waals surface area (Å²) in [7, 11) is 0. The van der Waals surface area contributed by atoms with Crippen molar-refractivity contribution in [3.05, 3.63) is 39.3 Å². The van der Waals surface area contributed by atoms with Gasteiger partial charge in [-0.3, -0.25) is 9.89 Å². The lowest BCUT2D eigenvalue weighted by Gasteiger charge is -2.15. The molecule has 4 nitrogen and oxygen atoms in total. The average Bonchev–Trinajstić information content (AvgIpc) is 3.19. The van der Waals surface area contributed by atoms with Crippen molar-refractivity contribution >= 4 is 17.2 Å². The molecule has 0 aromatic carbocycles. The predicted molar refractivity (Wildman–Crippen MR) is 78.2 cm³/mol. The lowest BCUT2D eigenvalue weighted by molar-refractivity contribution is 0.0795. The van der Waals surface area contributed by atoms with Crippen LogP contribution in [-0.4, -0.2) is 34.1 Å². The Morgan fingerprint density at radius 1 is 1.45 bits per heavy atom. The second kappa shape index (κ2) is 4.74. The first-order valence-corrected chi connectivity index (χ1v) is 8.03. The number of H-pyrrole nitrogens is 1. The Labute approximate surface area is 121 Å². The number of likely N-dealkylation sites (tertiary alicyclic amines) is 1. The molecular formula is C15H17N3OS. The van der Waals surface area contributed by atoms with Crippen LogP contribution in [0.2, 0.25) is 0 Å². The molecule has 0 unspecified atom stereocenters. The number of thiophene rings is 1. The second-order valence-electron chi connectivity index (χ2n) is 5.66. The number of carbonyl (C=O) groups excluding carboxylic acids is 1. The summed E-state index contributed by atoms with van der Waals surface area (Å²) in [6.45, 7) is 1.66. The molecular weight excluding hydrogens is 270 g/mol. The van der Waals surface area contributed by atoms with Gasteiger partial charge in [-0.1, -0.05) is 0 Å². The first-order valence-electron chi connectivity index (χ1n) is 7.21. The first kappa shape index (κ1) is 12.1. The molecule has 2 aliphatic rings. The zero-order valence-electron chi connectivity index (χ0n) is 11.3. The molecule has 1 amide bonds. The van der Waals surface area contributed by atoms with Gasteiger partial charge >= 0.3 is 0 Å². The smallest absolute Gasteiger partial charge is 0.263 e. The summed E-state index contributed by atoms with van der Waals surface area (Å²) in [6, 6.07) is 4.14. The van der Waals surface area contributed by atoms with Gasteiger partial charge in [0.25, 0.3) is 5.91 Å². The average molecular weight is 287 g/mol. The van der Waals surface area contributed by atoms with Crippen LogP contribution in [0.3, 0.4) is 0 Å². The number of nitrogens with one attached hydrogen (secondary N) is 1. The Morgan fingerprint density at radius 3 is 3.20 bits per heavy atom. The largest absolute Gasteiger partial charge is 0.337 e. The van der Waals surface area contributed by atoms with E-state index in [2.05, 4.69) is 16.3 Å². The number of fused-ring (bicyclic) bond motifs is 1. The lowest BCUT2D eigenvalue weighted by atomic mass is 10.1. The molecule has 1 saturated heterocycles. The highest BCUT2D eigenvalue weighted by molar-refractivity contribution is 7.14. The Balaban J connectivity index is 1.49. The normalized spacial score (nSPS) is 21.4. The van der Waals surface area contributed by atoms with Crippen molar-refractivity contribution in [3.8, 4) is 0 Å². The van der Waals surface area contributed by atoms with Crippen LogP contribution in [0.25, 0.3) is 0 Å². The number of amides is 1. The molecule has 2 aromatic rings. The van der Waals surface area contributed by atoms with E-state index in [1.807, 2.05) is 11.0 Å².